The highest BCUT2D eigenvalue weighted by molar-refractivity contribution is 9.10. The minimum atomic E-state index is 0.551. The van der Waals surface area contributed by atoms with E-state index < -0.39 is 0 Å². The van der Waals surface area contributed by atoms with Gasteiger partial charge in [0.2, 0.25) is 0 Å². The van der Waals surface area contributed by atoms with Gasteiger partial charge < -0.3 is 15.4 Å². The predicted molar refractivity (Wildman–Crippen MR) is 87.1 cm³/mol. The molecule has 0 fully saturated rings. The molecule has 106 valence electrons. The summed E-state index contributed by atoms with van der Waals surface area (Å²) in [5.41, 5.74) is 9.06. The third kappa shape index (κ3) is 3.32. The van der Waals surface area contributed by atoms with E-state index in [0.29, 0.717) is 6.54 Å². The van der Waals surface area contributed by atoms with Crippen molar-refractivity contribution in [3.05, 3.63) is 58.1 Å². The molecule has 2 aromatic rings. The van der Waals surface area contributed by atoms with Gasteiger partial charge in [-0.3, -0.25) is 0 Å². The van der Waals surface area contributed by atoms with Crippen molar-refractivity contribution in [2.75, 3.05) is 19.1 Å². The number of halogens is 1. The van der Waals surface area contributed by atoms with Crippen molar-refractivity contribution in [2.45, 2.75) is 13.1 Å². The maximum absolute atomic E-state index is 5.66. The summed E-state index contributed by atoms with van der Waals surface area (Å²) >= 11 is 3.61. The van der Waals surface area contributed by atoms with Crippen molar-refractivity contribution in [2.24, 2.45) is 5.73 Å². The zero-order valence-electron chi connectivity index (χ0n) is 11.8. The number of hydrogen-bond donors (Lipinski definition) is 1. The number of rotatable bonds is 5. The van der Waals surface area contributed by atoms with Crippen molar-refractivity contribution < 1.29 is 4.74 Å². The van der Waals surface area contributed by atoms with Crippen molar-refractivity contribution >= 4 is 21.6 Å². The number of ether oxygens (including phenoxy) is 1. The Labute approximate surface area is 128 Å². The molecule has 20 heavy (non-hydrogen) atoms. The van der Waals surface area contributed by atoms with Crippen LogP contribution in [0.4, 0.5) is 5.69 Å². The minimum Gasteiger partial charge on any atom is -0.496 e. The van der Waals surface area contributed by atoms with E-state index in [2.05, 4.69) is 52.1 Å². The molecule has 0 aliphatic carbocycles. The van der Waals surface area contributed by atoms with E-state index in [0.717, 1.165) is 33.6 Å². The lowest BCUT2D eigenvalue weighted by Crippen LogP contribution is -2.17. The summed E-state index contributed by atoms with van der Waals surface area (Å²) in [6.45, 7) is 1.33. The number of methoxy groups -OCH3 is 1. The molecule has 2 rings (SSSR count). The molecule has 0 aromatic heterocycles. The van der Waals surface area contributed by atoms with Gasteiger partial charge in [-0.25, -0.2) is 0 Å². The van der Waals surface area contributed by atoms with Gasteiger partial charge in [-0.15, -0.1) is 0 Å². The zero-order chi connectivity index (χ0) is 14.5. The lowest BCUT2D eigenvalue weighted by Gasteiger charge is -2.22. The van der Waals surface area contributed by atoms with Gasteiger partial charge in [0.25, 0.3) is 0 Å². The zero-order valence-corrected chi connectivity index (χ0v) is 13.4. The molecule has 4 heteroatoms. The van der Waals surface area contributed by atoms with E-state index in [1.165, 1.54) is 0 Å². The van der Waals surface area contributed by atoms with Crippen LogP contribution in [0.3, 0.4) is 0 Å². The molecule has 0 spiro atoms. The Hall–Kier alpha value is -1.52. The molecule has 0 unspecified atom stereocenters. The van der Waals surface area contributed by atoms with Crippen LogP contribution in [0.15, 0.2) is 46.9 Å². The van der Waals surface area contributed by atoms with Crippen molar-refractivity contribution in [3.63, 3.8) is 0 Å². The molecule has 0 heterocycles. The van der Waals surface area contributed by atoms with Crippen LogP contribution in [0.2, 0.25) is 0 Å². The second kappa shape index (κ2) is 6.77. The van der Waals surface area contributed by atoms with Crippen molar-refractivity contribution in [1.82, 2.24) is 0 Å². The van der Waals surface area contributed by atoms with Gasteiger partial charge in [0.15, 0.2) is 0 Å². The number of nitrogens with zero attached hydrogens (tertiary/aromatic N) is 1. The lowest BCUT2D eigenvalue weighted by molar-refractivity contribution is 0.409. The van der Waals surface area contributed by atoms with Gasteiger partial charge in [-0.1, -0.05) is 24.3 Å². The second-order valence-corrected chi connectivity index (χ2v) is 5.51. The molecular formula is C16H19BrN2O. The van der Waals surface area contributed by atoms with Gasteiger partial charge in [-0.2, -0.15) is 0 Å². The molecule has 0 saturated heterocycles. The first kappa shape index (κ1) is 14.9. The molecule has 0 amide bonds. The van der Waals surface area contributed by atoms with Crippen molar-refractivity contribution in [3.8, 4) is 5.75 Å². The number of hydrogen-bond acceptors (Lipinski definition) is 3. The molecule has 0 radical (unpaired) electrons. The number of para-hydroxylation sites is 1. The van der Waals surface area contributed by atoms with Crippen molar-refractivity contribution in [1.29, 1.82) is 0 Å². The highest BCUT2D eigenvalue weighted by Crippen LogP contribution is 2.29. The summed E-state index contributed by atoms with van der Waals surface area (Å²) in [6, 6.07) is 14.3. The van der Waals surface area contributed by atoms with Crippen LogP contribution in [0, 0.1) is 0 Å². The second-order valence-electron chi connectivity index (χ2n) is 4.66. The molecule has 0 atom stereocenters. The quantitative estimate of drug-likeness (QED) is 0.908. The summed E-state index contributed by atoms with van der Waals surface area (Å²) in [5, 5.41) is 0. The molecule has 0 bridgehead atoms. The van der Waals surface area contributed by atoms with Gasteiger partial charge in [-0.05, 0) is 39.7 Å². The van der Waals surface area contributed by atoms with Crippen LogP contribution in [-0.2, 0) is 13.1 Å². The first-order valence-electron chi connectivity index (χ1n) is 6.47. The molecule has 0 aliphatic rings. The van der Waals surface area contributed by atoms with E-state index in [1.807, 2.05) is 18.2 Å². The maximum atomic E-state index is 5.66. The monoisotopic (exact) mass is 334 g/mol. The van der Waals surface area contributed by atoms with E-state index in [4.69, 9.17) is 10.5 Å². The molecule has 2 N–H and O–H groups in total. The predicted octanol–water partition coefficient (Wildman–Crippen LogP) is 3.55. The fourth-order valence-corrected chi connectivity index (χ4v) is 2.89. The normalized spacial score (nSPS) is 10.4. The minimum absolute atomic E-state index is 0.551. The molecule has 0 aliphatic heterocycles. The highest BCUT2D eigenvalue weighted by atomic mass is 79.9. The van der Waals surface area contributed by atoms with Gasteiger partial charge in [0.05, 0.1) is 12.8 Å². The van der Waals surface area contributed by atoms with Crippen LogP contribution in [0.25, 0.3) is 0 Å². The Kier molecular flexibility index (Phi) is 5.04. The average molecular weight is 335 g/mol. The molecule has 2 aromatic carbocycles. The van der Waals surface area contributed by atoms with Crippen LogP contribution in [0.1, 0.15) is 11.1 Å². The lowest BCUT2D eigenvalue weighted by atomic mass is 10.1. The number of nitrogens with two attached hydrogens (primary N) is 1. The van der Waals surface area contributed by atoms with E-state index in [9.17, 15) is 0 Å². The summed E-state index contributed by atoms with van der Waals surface area (Å²) in [5.74, 6) is 0.911. The third-order valence-corrected chi connectivity index (χ3v) is 3.89. The van der Waals surface area contributed by atoms with E-state index in [1.54, 1.807) is 7.11 Å². The number of anilines is 1. The standard InChI is InChI=1S/C16H19BrN2O/c1-19(11-13-5-3-4-6-16(13)20-2)15-8-7-12(10-18)9-14(15)17/h3-9H,10-11,18H2,1-2H3. The first-order chi connectivity index (χ1) is 9.65. The maximum Gasteiger partial charge on any atom is 0.123 e. The first-order valence-corrected chi connectivity index (χ1v) is 7.26. The SMILES string of the molecule is COc1ccccc1CN(C)c1ccc(CN)cc1Br. The Morgan fingerprint density at radius 3 is 2.60 bits per heavy atom. The Morgan fingerprint density at radius 2 is 1.95 bits per heavy atom. The van der Waals surface area contributed by atoms with Crippen LogP contribution in [-0.4, -0.2) is 14.2 Å². The smallest absolute Gasteiger partial charge is 0.123 e. The molecule has 0 saturated carbocycles. The van der Waals surface area contributed by atoms with Gasteiger partial charge in [0, 0.05) is 30.2 Å². The largest absolute Gasteiger partial charge is 0.496 e. The summed E-state index contributed by atoms with van der Waals surface area (Å²) < 4.78 is 6.45. The Morgan fingerprint density at radius 1 is 1.20 bits per heavy atom. The van der Waals surface area contributed by atoms with E-state index >= 15 is 0 Å². The van der Waals surface area contributed by atoms with Crippen LogP contribution >= 0.6 is 15.9 Å². The highest BCUT2D eigenvalue weighted by Gasteiger charge is 2.09. The van der Waals surface area contributed by atoms with Gasteiger partial charge >= 0.3 is 0 Å². The van der Waals surface area contributed by atoms with E-state index in [-0.39, 0.29) is 0 Å². The number of benzene rings is 2. The average Bonchev–Trinajstić information content (AvgIpc) is 2.47. The molecular weight excluding hydrogens is 316 g/mol. The van der Waals surface area contributed by atoms with Crippen LogP contribution in [0.5, 0.6) is 5.75 Å². The Balaban J connectivity index is 2.21. The summed E-state index contributed by atoms with van der Waals surface area (Å²) in [4.78, 5) is 2.18. The third-order valence-electron chi connectivity index (χ3n) is 3.26. The summed E-state index contributed by atoms with van der Waals surface area (Å²) in [7, 11) is 3.76. The summed E-state index contributed by atoms with van der Waals surface area (Å²) in [6.07, 6.45) is 0. The fraction of sp³-hybridized carbons (Fsp3) is 0.250. The fourth-order valence-electron chi connectivity index (χ4n) is 2.16. The van der Waals surface area contributed by atoms with Crippen LogP contribution < -0.4 is 15.4 Å². The molecule has 3 nitrogen and oxygen atoms in total. The van der Waals surface area contributed by atoms with Gasteiger partial charge in [0.1, 0.15) is 5.75 Å². The Bertz CT molecular complexity index is 586. The topological polar surface area (TPSA) is 38.5 Å².